The molecule has 0 aromatic heterocycles. The minimum atomic E-state index is 0.804. The van der Waals surface area contributed by atoms with Gasteiger partial charge in [0.15, 0.2) is 0 Å². The van der Waals surface area contributed by atoms with Gasteiger partial charge in [0.2, 0.25) is 0 Å². The predicted molar refractivity (Wildman–Crippen MR) is 84.3 cm³/mol. The van der Waals surface area contributed by atoms with Crippen molar-refractivity contribution in [3.8, 4) is 0 Å². The number of aryl methyl sites for hydroxylation is 1. The molecule has 0 saturated heterocycles. The molecule has 1 heteroatoms. The van der Waals surface area contributed by atoms with Crippen LogP contribution < -0.4 is 0 Å². The summed E-state index contributed by atoms with van der Waals surface area (Å²) in [6, 6.07) is 6.61. The van der Waals surface area contributed by atoms with E-state index in [0.717, 1.165) is 11.2 Å². The van der Waals surface area contributed by atoms with Crippen molar-refractivity contribution in [2.24, 2.45) is 5.92 Å². The van der Waals surface area contributed by atoms with Crippen molar-refractivity contribution in [1.29, 1.82) is 0 Å². The number of hydrogen-bond acceptors (Lipinski definition) is 0. The Kier molecular flexibility index (Phi) is 5.05. The van der Waals surface area contributed by atoms with Gasteiger partial charge in [-0.15, -0.1) is 0 Å². The Morgan fingerprint density at radius 3 is 2.61 bits per heavy atom. The van der Waals surface area contributed by atoms with E-state index in [1.54, 1.807) is 5.57 Å². The van der Waals surface area contributed by atoms with Crippen molar-refractivity contribution in [2.75, 3.05) is 5.33 Å². The SMILES string of the molecule is Cc1cccc(C=C(CBr)C2CCCCC2)c1C. The highest BCUT2D eigenvalue weighted by Gasteiger charge is 2.17. The summed E-state index contributed by atoms with van der Waals surface area (Å²) in [4.78, 5) is 0. The number of halogens is 1. The van der Waals surface area contributed by atoms with Crippen LogP contribution in [0.3, 0.4) is 0 Å². The summed E-state index contributed by atoms with van der Waals surface area (Å²) in [5.41, 5.74) is 5.80. The highest BCUT2D eigenvalue weighted by Crippen LogP contribution is 2.32. The average Bonchev–Trinajstić information content (AvgIpc) is 2.41. The lowest BCUT2D eigenvalue weighted by atomic mass is 9.83. The maximum absolute atomic E-state index is 3.68. The summed E-state index contributed by atoms with van der Waals surface area (Å²) < 4.78 is 0. The first-order valence-electron chi connectivity index (χ1n) is 7.05. The van der Waals surface area contributed by atoms with Gasteiger partial charge in [0.25, 0.3) is 0 Å². The second-order valence-corrected chi connectivity index (χ2v) is 6.04. The van der Waals surface area contributed by atoms with Crippen molar-refractivity contribution in [3.63, 3.8) is 0 Å². The van der Waals surface area contributed by atoms with Gasteiger partial charge in [-0.2, -0.15) is 0 Å². The molecule has 1 saturated carbocycles. The van der Waals surface area contributed by atoms with Crippen LogP contribution in [0.15, 0.2) is 23.8 Å². The standard InChI is InChI=1S/C17H23Br/c1-13-7-6-10-16(14(13)2)11-17(12-18)15-8-4-3-5-9-15/h6-7,10-11,15H,3-5,8-9,12H2,1-2H3. The summed E-state index contributed by atoms with van der Waals surface area (Å²) in [6.07, 6.45) is 9.41. The third kappa shape index (κ3) is 3.26. The Bertz CT molecular complexity index is 425. The molecule has 1 aliphatic rings. The summed E-state index contributed by atoms with van der Waals surface area (Å²) >= 11 is 3.68. The van der Waals surface area contributed by atoms with Gasteiger partial charge in [-0.25, -0.2) is 0 Å². The second kappa shape index (κ2) is 6.56. The lowest BCUT2D eigenvalue weighted by molar-refractivity contribution is 0.405. The van der Waals surface area contributed by atoms with Gasteiger partial charge in [0.1, 0.15) is 0 Å². The third-order valence-corrected chi connectivity index (χ3v) is 4.92. The van der Waals surface area contributed by atoms with E-state index < -0.39 is 0 Å². The molecule has 2 rings (SSSR count). The van der Waals surface area contributed by atoms with Crippen LogP contribution in [0.4, 0.5) is 0 Å². The van der Waals surface area contributed by atoms with E-state index in [4.69, 9.17) is 0 Å². The van der Waals surface area contributed by atoms with E-state index >= 15 is 0 Å². The Labute approximate surface area is 120 Å². The molecule has 1 aromatic carbocycles. The highest BCUT2D eigenvalue weighted by molar-refractivity contribution is 9.09. The zero-order valence-corrected chi connectivity index (χ0v) is 13.1. The highest BCUT2D eigenvalue weighted by atomic mass is 79.9. The lowest BCUT2D eigenvalue weighted by Crippen LogP contribution is -2.10. The van der Waals surface area contributed by atoms with Crippen LogP contribution in [0.2, 0.25) is 0 Å². The minimum absolute atomic E-state index is 0.804. The molecule has 0 heterocycles. The average molecular weight is 307 g/mol. The maximum atomic E-state index is 3.68. The molecule has 0 unspecified atom stereocenters. The molecule has 0 atom stereocenters. The van der Waals surface area contributed by atoms with E-state index in [0.29, 0.717) is 0 Å². The van der Waals surface area contributed by atoms with E-state index in [2.05, 4.69) is 54.1 Å². The molecule has 0 bridgehead atoms. The normalized spacial score (nSPS) is 18.1. The van der Waals surface area contributed by atoms with E-state index in [9.17, 15) is 0 Å². The van der Waals surface area contributed by atoms with Crippen LogP contribution in [0.1, 0.15) is 48.8 Å². The summed E-state index contributed by atoms with van der Waals surface area (Å²) in [6.45, 7) is 4.43. The first-order chi connectivity index (χ1) is 8.72. The smallest absolute Gasteiger partial charge is 0.0247 e. The van der Waals surface area contributed by atoms with Gasteiger partial charge in [-0.05, 0) is 49.3 Å². The van der Waals surface area contributed by atoms with Crippen LogP contribution in [0, 0.1) is 19.8 Å². The zero-order valence-electron chi connectivity index (χ0n) is 11.5. The van der Waals surface area contributed by atoms with Gasteiger partial charge in [0.05, 0.1) is 0 Å². The van der Waals surface area contributed by atoms with E-state index in [1.165, 1.54) is 48.8 Å². The molecule has 0 spiro atoms. The fraction of sp³-hybridized carbons (Fsp3) is 0.529. The van der Waals surface area contributed by atoms with E-state index in [-0.39, 0.29) is 0 Å². The molecule has 18 heavy (non-hydrogen) atoms. The third-order valence-electron chi connectivity index (χ3n) is 4.27. The molecular weight excluding hydrogens is 284 g/mol. The molecule has 98 valence electrons. The van der Waals surface area contributed by atoms with E-state index in [1.807, 2.05) is 0 Å². The summed E-state index contributed by atoms with van der Waals surface area (Å²) in [5, 5.41) is 1.02. The largest absolute Gasteiger partial charge is 0.0880 e. The Morgan fingerprint density at radius 1 is 1.22 bits per heavy atom. The van der Waals surface area contributed by atoms with Crippen molar-refractivity contribution in [3.05, 3.63) is 40.5 Å². The lowest BCUT2D eigenvalue weighted by Gasteiger charge is -2.24. The van der Waals surface area contributed by atoms with Crippen molar-refractivity contribution in [2.45, 2.75) is 46.0 Å². The molecule has 0 N–H and O–H groups in total. The molecular formula is C17H23Br. The van der Waals surface area contributed by atoms with Crippen LogP contribution in [-0.4, -0.2) is 5.33 Å². The molecule has 0 radical (unpaired) electrons. The van der Waals surface area contributed by atoms with Gasteiger partial charge in [-0.1, -0.05) is 65.0 Å². The van der Waals surface area contributed by atoms with Crippen LogP contribution in [0.25, 0.3) is 6.08 Å². The van der Waals surface area contributed by atoms with Crippen LogP contribution in [-0.2, 0) is 0 Å². The molecule has 1 aromatic rings. The Morgan fingerprint density at radius 2 is 1.94 bits per heavy atom. The quantitative estimate of drug-likeness (QED) is 0.632. The number of alkyl halides is 1. The summed E-state index contributed by atoms with van der Waals surface area (Å²) in [5.74, 6) is 0.804. The van der Waals surface area contributed by atoms with Gasteiger partial charge in [0, 0.05) is 5.33 Å². The maximum Gasteiger partial charge on any atom is 0.0247 e. The fourth-order valence-corrected chi connectivity index (χ4v) is 3.49. The number of hydrogen-bond donors (Lipinski definition) is 0. The summed E-state index contributed by atoms with van der Waals surface area (Å²) in [7, 11) is 0. The fourth-order valence-electron chi connectivity index (χ4n) is 2.87. The van der Waals surface area contributed by atoms with Gasteiger partial charge < -0.3 is 0 Å². The van der Waals surface area contributed by atoms with Crippen LogP contribution in [0.5, 0.6) is 0 Å². The molecule has 0 aliphatic heterocycles. The molecule has 0 nitrogen and oxygen atoms in total. The first kappa shape index (κ1) is 13.9. The monoisotopic (exact) mass is 306 g/mol. The van der Waals surface area contributed by atoms with Crippen LogP contribution >= 0.6 is 15.9 Å². The predicted octanol–water partition coefficient (Wildman–Crippen LogP) is 5.66. The molecule has 1 fully saturated rings. The minimum Gasteiger partial charge on any atom is -0.0880 e. The zero-order chi connectivity index (χ0) is 13.0. The number of rotatable bonds is 3. The topological polar surface area (TPSA) is 0 Å². The van der Waals surface area contributed by atoms with Gasteiger partial charge in [-0.3, -0.25) is 0 Å². The number of benzene rings is 1. The van der Waals surface area contributed by atoms with Crippen molar-refractivity contribution >= 4 is 22.0 Å². The molecule has 1 aliphatic carbocycles. The Hall–Kier alpha value is -0.560. The number of allylic oxidation sites excluding steroid dienone is 1. The van der Waals surface area contributed by atoms with Gasteiger partial charge >= 0.3 is 0 Å². The molecule has 0 amide bonds. The first-order valence-corrected chi connectivity index (χ1v) is 8.17. The van der Waals surface area contributed by atoms with Crippen molar-refractivity contribution in [1.82, 2.24) is 0 Å². The second-order valence-electron chi connectivity index (χ2n) is 5.48. The van der Waals surface area contributed by atoms with Crippen molar-refractivity contribution < 1.29 is 0 Å². The Balaban J connectivity index is 2.25.